The van der Waals surface area contributed by atoms with Crippen molar-refractivity contribution in [3.8, 4) is 5.75 Å². The molecule has 7 heteroatoms. The second-order valence-corrected chi connectivity index (χ2v) is 3.93. The van der Waals surface area contributed by atoms with Crippen LogP contribution in [0.1, 0.15) is 11.3 Å². The fourth-order valence-corrected chi connectivity index (χ4v) is 1.52. The van der Waals surface area contributed by atoms with Gasteiger partial charge in [0.1, 0.15) is 18.2 Å². The van der Waals surface area contributed by atoms with Crippen LogP contribution in [-0.2, 0) is 6.61 Å². The van der Waals surface area contributed by atoms with E-state index < -0.39 is 4.92 Å². The number of benzene rings is 1. The van der Waals surface area contributed by atoms with E-state index >= 15 is 0 Å². The predicted molar refractivity (Wildman–Crippen MR) is 68.6 cm³/mol. The monoisotopic (exact) mass is 260 g/mol. The molecule has 2 N–H and O–H groups in total. The minimum atomic E-state index is -0.426. The normalized spacial score (nSPS) is 10.2. The Bertz CT molecular complexity index is 598. The van der Waals surface area contributed by atoms with E-state index in [1.54, 1.807) is 19.1 Å². The zero-order chi connectivity index (χ0) is 13.8. The minimum absolute atomic E-state index is 0.0691. The van der Waals surface area contributed by atoms with Crippen molar-refractivity contribution in [1.29, 1.82) is 0 Å². The van der Waals surface area contributed by atoms with Crippen molar-refractivity contribution >= 4 is 11.5 Å². The van der Waals surface area contributed by atoms with Crippen LogP contribution in [-0.4, -0.2) is 14.9 Å². The number of aromatic nitrogens is 2. The maximum atomic E-state index is 10.7. The van der Waals surface area contributed by atoms with Crippen molar-refractivity contribution in [2.45, 2.75) is 13.5 Å². The Morgan fingerprint density at radius 3 is 2.74 bits per heavy atom. The minimum Gasteiger partial charge on any atom is -0.487 e. The number of nitrogen functional groups attached to an aromatic ring is 1. The molecule has 1 heterocycles. The molecule has 0 amide bonds. The van der Waals surface area contributed by atoms with Crippen molar-refractivity contribution in [3.63, 3.8) is 0 Å². The Kier molecular flexibility index (Phi) is 3.56. The molecule has 0 radical (unpaired) electrons. The smallest absolute Gasteiger partial charge is 0.272 e. The highest BCUT2D eigenvalue weighted by molar-refractivity contribution is 5.44. The lowest BCUT2D eigenvalue weighted by atomic mass is 10.2. The van der Waals surface area contributed by atoms with Gasteiger partial charge >= 0.3 is 0 Å². The number of anilines is 1. The van der Waals surface area contributed by atoms with Crippen LogP contribution in [0.25, 0.3) is 0 Å². The van der Waals surface area contributed by atoms with Crippen LogP contribution in [0.3, 0.4) is 0 Å². The van der Waals surface area contributed by atoms with Crippen LogP contribution < -0.4 is 10.5 Å². The van der Waals surface area contributed by atoms with E-state index in [0.717, 1.165) is 0 Å². The summed E-state index contributed by atoms with van der Waals surface area (Å²) in [4.78, 5) is 18.2. The number of aryl methyl sites for hydroxylation is 1. The highest BCUT2D eigenvalue weighted by Gasteiger charge is 2.10. The van der Waals surface area contributed by atoms with Gasteiger partial charge in [-0.15, -0.1) is 0 Å². The summed E-state index contributed by atoms with van der Waals surface area (Å²) in [5, 5.41) is 10.7. The zero-order valence-corrected chi connectivity index (χ0v) is 10.2. The summed E-state index contributed by atoms with van der Waals surface area (Å²) in [5.41, 5.74) is 6.67. The van der Waals surface area contributed by atoms with Gasteiger partial charge in [-0.05, 0) is 19.1 Å². The lowest BCUT2D eigenvalue weighted by molar-refractivity contribution is -0.385. The number of hydrogen-bond acceptors (Lipinski definition) is 6. The first-order chi connectivity index (χ1) is 9.06. The maximum absolute atomic E-state index is 10.7. The fraction of sp³-hybridized carbons (Fsp3) is 0.167. The average molecular weight is 260 g/mol. The van der Waals surface area contributed by atoms with Gasteiger partial charge in [0.05, 0.1) is 23.0 Å². The van der Waals surface area contributed by atoms with E-state index in [9.17, 15) is 10.1 Å². The molecule has 0 atom stereocenters. The molecular weight excluding hydrogens is 248 g/mol. The third kappa shape index (κ3) is 3.15. The van der Waals surface area contributed by atoms with Crippen LogP contribution >= 0.6 is 0 Å². The molecule has 0 saturated carbocycles. The van der Waals surface area contributed by atoms with E-state index in [-0.39, 0.29) is 12.3 Å². The van der Waals surface area contributed by atoms with Gasteiger partial charge in [0.2, 0.25) is 0 Å². The molecule has 2 rings (SSSR count). The van der Waals surface area contributed by atoms with E-state index in [2.05, 4.69) is 9.97 Å². The van der Waals surface area contributed by atoms with Crippen molar-refractivity contribution in [2.24, 2.45) is 0 Å². The Morgan fingerprint density at radius 2 is 2.16 bits per heavy atom. The third-order valence-corrected chi connectivity index (χ3v) is 2.48. The molecule has 19 heavy (non-hydrogen) atoms. The molecular formula is C12H12N4O3. The van der Waals surface area contributed by atoms with Gasteiger partial charge in [0, 0.05) is 11.6 Å². The van der Waals surface area contributed by atoms with Crippen LogP contribution in [0, 0.1) is 17.0 Å². The van der Waals surface area contributed by atoms with Gasteiger partial charge in [-0.1, -0.05) is 0 Å². The van der Waals surface area contributed by atoms with Gasteiger partial charge in [0.15, 0.2) is 0 Å². The molecule has 0 saturated heterocycles. The summed E-state index contributed by atoms with van der Waals surface area (Å²) in [7, 11) is 0. The van der Waals surface area contributed by atoms with Crippen molar-refractivity contribution in [2.75, 3.05) is 5.73 Å². The Morgan fingerprint density at radius 1 is 1.37 bits per heavy atom. The first-order valence-electron chi connectivity index (χ1n) is 5.50. The second-order valence-electron chi connectivity index (χ2n) is 3.93. The summed E-state index contributed by atoms with van der Waals surface area (Å²) in [6.07, 6.45) is 2.97. The average Bonchev–Trinajstić information content (AvgIpc) is 2.37. The highest BCUT2D eigenvalue weighted by atomic mass is 16.6. The molecule has 1 aromatic heterocycles. The van der Waals surface area contributed by atoms with Crippen molar-refractivity contribution < 1.29 is 9.66 Å². The molecule has 0 spiro atoms. The predicted octanol–water partition coefficient (Wildman–Crippen LogP) is 1.85. The van der Waals surface area contributed by atoms with Crippen LogP contribution in [0.4, 0.5) is 11.5 Å². The summed E-state index contributed by atoms with van der Waals surface area (Å²) in [6, 6.07) is 4.58. The molecule has 0 aliphatic heterocycles. The molecule has 7 nitrogen and oxygen atoms in total. The van der Waals surface area contributed by atoms with Gasteiger partial charge in [0.25, 0.3) is 5.69 Å². The summed E-state index contributed by atoms with van der Waals surface area (Å²) in [5.74, 6) is 0.886. The Labute approximate surface area is 109 Å². The molecule has 0 bridgehead atoms. The summed E-state index contributed by atoms with van der Waals surface area (Å²) >= 11 is 0. The molecule has 0 fully saturated rings. The van der Waals surface area contributed by atoms with E-state index in [1.165, 1.54) is 18.5 Å². The second kappa shape index (κ2) is 5.30. The van der Waals surface area contributed by atoms with Gasteiger partial charge in [-0.3, -0.25) is 15.1 Å². The first kappa shape index (κ1) is 12.7. The van der Waals surface area contributed by atoms with Crippen LogP contribution in [0.2, 0.25) is 0 Å². The van der Waals surface area contributed by atoms with Gasteiger partial charge in [-0.25, -0.2) is 4.98 Å². The third-order valence-electron chi connectivity index (χ3n) is 2.48. The molecule has 98 valence electrons. The Balaban J connectivity index is 2.06. The van der Waals surface area contributed by atoms with Crippen molar-refractivity contribution in [3.05, 3.63) is 52.0 Å². The van der Waals surface area contributed by atoms with Crippen molar-refractivity contribution in [1.82, 2.24) is 9.97 Å². The topological polar surface area (TPSA) is 104 Å². The molecule has 2 aromatic rings. The Hall–Kier alpha value is -2.70. The number of nitro groups is 1. The highest BCUT2D eigenvalue weighted by Crippen LogP contribution is 2.23. The molecule has 0 aliphatic rings. The lowest BCUT2D eigenvalue weighted by Gasteiger charge is -2.06. The first-order valence-corrected chi connectivity index (χ1v) is 5.50. The number of ether oxygens (including phenoxy) is 1. The van der Waals surface area contributed by atoms with Gasteiger partial charge < -0.3 is 10.5 Å². The standard InChI is InChI=1S/C12H12N4O3/c1-8-4-10(2-3-11(8)16(17)18)19-7-9-5-15-12(13)6-14-9/h2-6H,7H2,1H3,(H2,13,15). The zero-order valence-electron chi connectivity index (χ0n) is 10.2. The van der Waals surface area contributed by atoms with E-state index in [0.29, 0.717) is 22.8 Å². The van der Waals surface area contributed by atoms with Gasteiger partial charge in [-0.2, -0.15) is 0 Å². The SMILES string of the molecule is Cc1cc(OCc2cnc(N)cn2)ccc1[N+](=O)[O-]. The summed E-state index contributed by atoms with van der Waals surface area (Å²) < 4.78 is 5.48. The van der Waals surface area contributed by atoms with Crippen LogP contribution in [0.5, 0.6) is 5.75 Å². The van der Waals surface area contributed by atoms with Crippen LogP contribution in [0.15, 0.2) is 30.6 Å². The number of nitrogens with zero attached hydrogens (tertiary/aromatic N) is 3. The number of rotatable bonds is 4. The molecule has 0 unspecified atom stereocenters. The fourth-order valence-electron chi connectivity index (χ4n) is 1.52. The van der Waals surface area contributed by atoms with E-state index in [1.807, 2.05) is 0 Å². The van der Waals surface area contributed by atoms with E-state index in [4.69, 9.17) is 10.5 Å². The molecule has 0 aliphatic carbocycles. The maximum Gasteiger partial charge on any atom is 0.272 e. The number of nitro benzene ring substituents is 1. The summed E-state index contributed by atoms with van der Waals surface area (Å²) in [6.45, 7) is 1.89. The molecule has 1 aromatic carbocycles. The number of hydrogen-bond donors (Lipinski definition) is 1. The number of nitrogens with two attached hydrogens (primary N) is 1. The quantitative estimate of drug-likeness (QED) is 0.664. The largest absolute Gasteiger partial charge is 0.487 e. The lowest BCUT2D eigenvalue weighted by Crippen LogP contribution is -2.01.